The van der Waals surface area contributed by atoms with E-state index >= 15 is 0 Å². The molecule has 0 aromatic heterocycles. The van der Waals surface area contributed by atoms with Gasteiger partial charge in [-0.15, -0.1) is 0 Å². The minimum absolute atomic E-state index is 0.00796. The van der Waals surface area contributed by atoms with Crippen molar-refractivity contribution < 1.29 is 14.3 Å². The Balaban J connectivity index is 2.38. The monoisotopic (exact) mass is 437 g/mol. The highest BCUT2D eigenvalue weighted by molar-refractivity contribution is 5.98. The first-order valence-electron chi connectivity index (χ1n) is 11.0. The maximum absolute atomic E-state index is 11.7. The molecule has 0 unspecified atom stereocenters. The van der Waals surface area contributed by atoms with Gasteiger partial charge in [0.2, 0.25) is 0 Å². The van der Waals surface area contributed by atoms with Crippen molar-refractivity contribution in [2.24, 2.45) is 10.9 Å². The number of carbonyl (C=O) groups is 1. The number of nitrogens with zero attached hydrogens (tertiary/aromatic N) is 3. The summed E-state index contributed by atoms with van der Waals surface area (Å²) in [5.41, 5.74) is 3.59. The molecule has 6 nitrogen and oxygen atoms in total. The number of carbonyl (C=O) groups excluding carboxylic acids is 2. The van der Waals surface area contributed by atoms with E-state index in [4.69, 9.17) is 9.73 Å². The molecule has 0 atom stereocenters. The number of aliphatic imine (C=N–C) groups is 1. The van der Waals surface area contributed by atoms with Crippen LogP contribution in [0.2, 0.25) is 0 Å². The third-order valence-electron chi connectivity index (χ3n) is 5.66. The van der Waals surface area contributed by atoms with Crippen LogP contribution in [0.15, 0.2) is 52.9 Å². The smallest absolute Gasteiger partial charge is 0.159 e. The number of allylic oxidation sites excluding steroid dienone is 3. The molecule has 0 aliphatic heterocycles. The SMILES string of the molecule is C=C(Cc1ccc(C(C)=O)cc1OC)N=C(/C(=C\C)N(C)C(=C=O)CC)N(C)CC1CC1. The topological polar surface area (TPSA) is 62.2 Å². The minimum Gasteiger partial charge on any atom is -0.496 e. The van der Waals surface area contributed by atoms with Crippen LogP contribution in [0.5, 0.6) is 5.75 Å². The zero-order valence-corrected chi connectivity index (χ0v) is 20.2. The number of rotatable bonds is 11. The van der Waals surface area contributed by atoms with Crippen molar-refractivity contribution in [1.82, 2.24) is 9.80 Å². The highest BCUT2D eigenvalue weighted by atomic mass is 16.5. The molecule has 6 heteroatoms. The molecule has 172 valence electrons. The zero-order chi connectivity index (χ0) is 23.8. The molecule has 1 fully saturated rings. The molecule has 1 saturated carbocycles. The van der Waals surface area contributed by atoms with Crippen LogP contribution in [0.3, 0.4) is 0 Å². The van der Waals surface area contributed by atoms with Crippen LogP contribution in [-0.2, 0) is 11.2 Å². The largest absolute Gasteiger partial charge is 0.496 e. The highest BCUT2D eigenvalue weighted by Crippen LogP contribution is 2.30. The summed E-state index contributed by atoms with van der Waals surface area (Å²) in [7, 11) is 5.49. The molecule has 0 amide bonds. The van der Waals surface area contributed by atoms with Crippen molar-refractivity contribution >= 4 is 17.6 Å². The van der Waals surface area contributed by atoms with Crippen molar-refractivity contribution in [3.05, 3.63) is 59.1 Å². The van der Waals surface area contributed by atoms with Crippen molar-refractivity contribution in [3.8, 4) is 5.75 Å². The van der Waals surface area contributed by atoms with E-state index < -0.39 is 0 Å². The van der Waals surface area contributed by atoms with Crippen LogP contribution < -0.4 is 4.74 Å². The molecule has 1 aromatic carbocycles. The Hall–Kier alpha value is -3.11. The lowest BCUT2D eigenvalue weighted by molar-refractivity contribution is 0.101. The van der Waals surface area contributed by atoms with E-state index in [-0.39, 0.29) is 5.78 Å². The molecule has 0 radical (unpaired) electrons. The summed E-state index contributed by atoms with van der Waals surface area (Å²) in [6.07, 6.45) is 5.48. The van der Waals surface area contributed by atoms with E-state index in [0.29, 0.717) is 41.5 Å². The second kappa shape index (κ2) is 11.5. The molecular formula is C26H35N3O3. The first-order chi connectivity index (χ1) is 15.2. The molecule has 1 aliphatic rings. The number of hydrogen-bond donors (Lipinski definition) is 0. The van der Waals surface area contributed by atoms with Gasteiger partial charge in [-0.3, -0.25) is 4.79 Å². The summed E-state index contributed by atoms with van der Waals surface area (Å²) in [5, 5.41) is 0. The standard InChI is InChI=1S/C26H35N3O3/c1-8-23(17-30)29(6)24(9-2)26(28(5)16-20-10-11-20)27-18(3)14-22-13-12-21(19(4)31)15-25(22)32-7/h9,12-13,15,20H,3,8,10-11,14,16H2,1-2,4-7H3/b24-9+,27-26?. The molecule has 1 aromatic rings. The number of methoxy groups -OCH3 is 1. The third-order valence-corrected chi connectivity index (χ3v) is 5.66. The number of Topliss-reactive ketones (excluding diaryl/α,β-unsaturated/α-hetero) is 1. The predicted molar refractivity (Wildman–Crippen MR) is 130 cm³/mol. The number of amidine groups is 1. The number of ether oxygens (including phenoxy) is 1. The predicted octanol–water partition coefficient (Wildman–Crippen LogP) is 4.66. The van der Waals surface area contributed by atoms with Gasteiger partial charge in [-0.1, -0.05) is 31.7 Å². The van der Waals surface area contributed by atoms with Gasteiger partial charge in [0.1, 0.15) is 17.4 Å². The summed E-state index contributed by atoms with van der Waals surface area (Å²) in [4.78, 5) is 32.0. The molecule has 0 heterocycles. The molecule has 2 rings (SSSR count). The van der Waals surface area contributed by atoms with Crippen molar-refractivity contribution in [1.29, 1.82) is 0 Å². The van der Waals surface area contributed by atoms with E-state index in [1.54, 1.807) is 19.2 Å². The molecule has 32 heavy (non-hydrogen) atoms. The van der Waals surface area contributed by atoms with E-state index in [9.17, 15) is 9.59 Å². The van der Waals surface area contributed by atoms with Crippen LogP contribution in [0.25, 0.3) is 0 Å². The van der Waals surface area contributed by atoms with Gasteiger partial charge in [0.15, 0.2) is 11.6 Å². The van der Waals surface area contributed by atoms with E-state index in [1.165, 1.54) is 19.8 Å². The Morgan fingerprint density at radius 1 is 1.34 bits per heavy atom. The summed E-state index contributed by atoms with van der Waals surface area (Å²) in [6.45, 7) is 10.5. The number of ketones is 1. The number of hydrogen-bond acceptors (Lipinski definition) is 5. The lowest BCUT2D eigenvalue weighted by Gasteiger charge is -2.29. The molecule has 0 spiro atoms. The van der Waals surface area contributed by atoms with Gasteiger partial charge in [0.05, 0.1) is 12.8 Å². The van der Waals surface area contributed by atoms with Crippen molar-refractivity contribution in [2.75, 3.05) is 27.7 Å². The van der Waals surface area contributed by atoms with Gasteiger partial charge < -0.3 is 14.5 Å². The lowest BCUT2D eigenvalue weighted by Crippen LogP contribution is -2.36. The Labute approximate surface area is 192 Å². The zero-order valence-electron chi connectivity index (χ0n) is 20.2. The van der Waals surface area contributed by atoms with Gasteiger partial charge in [0.25, 0.3) is 0 Å². The summed E-state index contributed by atoms with van der Waals surface area (Å²) >= 11 is 0. The quantitative estimate of drug-likeness (QED) is 0.218. The van der Waals surface area contributed by atoms with Crippen LogP contribution in [0, 0.1) is 5.92 Å². The highest BCUT2D eigenvalue weighted by Gasteiger charge is 2.26. The Morgan fingerprint density at radius 3 is 2.53 bits per heavy atom. The van der Waals surface area contributed by atoms with Crippen LogP contribution in [0.1, 0.15) is 56.0 Å². The van der Waals surface area contributed by atoms with Gasteiger partial charge >= 0.3 is 0 Å². The van der Waals surface area contributed by atoms with Crippen LogP contribution >= 0.6 is 0 Å². The van der Waals surface area contributed by atoms with E-state index in [0.717, 1.165) is 23.6 Å². The van der Waals surface area contributed by atoms with Gasteiger partial charge in [-0.05, 0) is 45.1 Å². The summed E-state index contributed by atoms with van der Waals surface area (Å²) in [5.74, 6) is 4.13. The van der Waals surface area contributed by atoms with Gasteiger partial charge in [0, 0.05) is 43.9 Å². The lowest BCUT2D eigenvalue weighted by atomic mass is 10.0. The maximum atomic E-state index is 11.7. The summed E-state index contributed by atoms with van der Waals surface area (Å²) < 4.78 is 5.50. The van der Waals surface area contributed by atoms with Crippen LogP contribution in [0.4, 0.5) is 0 Å². The first-order valence-corrected chi connectivity index (χ1v) is 11.0. The fraction of sp³-hybridized carbons (Fsp3) is 0.462. The van der Waals surface area contributed by atoms with Gasteiger partial charge in [-0.25, -0.2) is 9.79 Å². The third kappa shape index (κ3) is 6.44. The Morgan fingerprint density at radius 2 is 2.03 bits per heavy atom. The van der Waals surface area contributed by atoms with Gasteiger partial charge in [-0.2, -0.15) is 0 Å². The minimum atomic E-state index is -0.00796. The van der Waals surface area contributed by atoms with Crippen LogP contribution in [-0.4, -0.2) is 55.1 Å². The van der Waals surface area contributed by atoms with E-state index in [1.807, 2.05) is 50.9 Å². The Bertz CT molecular complexity index is 967. The summed E-state index contributed by atoms with van der Waals surface area (Å²) in [6, 6.07) is 5.43. The fourth-order valence-corrected chi connectivity index (χ4v) is 3.63. The number of likely N-dealkylation sites (N-methyl/N-ethyl adjacent to an activating group) is 2. The average molecular weight is 438 g/mol. The molecule has 0 saturated heterocycles. The molecule has 1 aliphatic carbocycles. The molecule has 0 N–H and O–H groups in total. The first kappa shape index (κ1) is 25.2. The fourth-order valence-electron chi connectivity index (χ4n) is 3.63. The van der Waals surface area contributed by atoms with E-state index in [2.05, 4.69) is 11.5 Å². The number of benzene rings is 1. The molecular weight excluding hydrogens is 402 g/mol. The van der Waals surface area contributed by atoms with Crippen molar-refractivity contribution in [2.45, 2.75) is 46.5 Å². The second-order valence-corrected chi connectivity index (χ2v) is 8.22. The molecule has 0 bridgehead atoms. The normalized spacial score (nSPS) is 13.9. The maximum Gasteiger partial charge on any atom is 0.159 e. The Kier molecular flexibility index (Phi) is 9.03. The average Bonchev–Trinajstić information content (AvgIpc) is 3.58. The second-order valence-electron chi connectivity index (χ2n) is 8.22. The van der Waals surface area contributed by atoms with Crippen molar-refractivity contribution in [3.63, 3.8) is 0 Å².